The monoisotopic (exact) mass is 667 g/mol. The molecule has 238 valence electrons. The van der Waals surface area contributed by atoms with Crippen LogP contribution in [0.15, 0.2) is 176 Å². The van der Waals surface area contributed by atoms with E-state index in [0.29, 0.717) is 17.5 Å². The standard InChI is InChI=1S/C47H29N3S/c1-2-14-30(15-3-1)34-19-9-11-23-39(34)45-48-46(50-47(49-45)43-29-33-18-6-13-25-42(33)51-43)40-24-12-10-22-37(40)44-36-21-8-5-17-32(36)28-41-35-20-7-4-16-31(35)26-27-38(41)44/h1-29H. The van der Waals surface area contributed by atoms with Crippen LogP contribution in [0.3, 0.4) is 0 Å². The Labute approximate surface area is 299 Å². The van der Waals surface area contributed by atoms with Crippen LogP contribution < -0.4 is 0 Å². The number of hydrogen-bond donors (Lipinski definition) is 0. The Balaban J connectivity index is 1.26. The maximum atomic E-state index is 5.32. The minimum atomic E-state index is 0.646. The van der Waals surface area contributed by atoms with Gasteiger partial charge in [0.25, 0.3) is 0 Å². The van der Waals surface area contributed by atoms with Crippen molar-refractivity contribution in [1.82, 2.24) is 15.0 Å². The van der Waals surface area contributed by atoms with Crippen LogP contribution in [0.1, 0.15) is 0 Å². The third-order valence-electron chi connectivity index (χ3n) is 9.74. The maximum Gasteiger partial charge on any atom is 0.174 e. The second-order valence-corrected chi connectivity index (χ2v) is 13.9. The lowest BCUT2D eigenvalue weighted by atomic mass is 9.88. The molecule has 10 rings (SSSR count). The van der Waals surface area contributed by atoms with E-state index >= 15 is 0 Å². The summed E-state index contributed by atoms with van der Waals surface area (Å²) in [4.78, 5) is 16.8. The van der Waals surface area contributed by atoms with Gasteiger partial charge in [0, 0.05) is 15.8 Å². The summed E-state index contributed by atoms with van der Waals surface area (Å²) < 4.78 is 1.20. The summed E-state index contributed by atoms with van der Waals surface area (Å²) in [6.07, 6.45) is 0. The average molecular weight is 668 g/mol. The summed E-state index contributed by atoms with van der Waals surface area (Å²) >= 11 is 1.71. The topological polar surface area (TPSA) is 38.7 Å². The summed E-state index contributed by atoms with van der Waals surface area (Å²) in [5.41, 5.74) is 6.40. The molecule has 0 bridgehead atoms. The van der Waals surface area contributed by atoms with Crippen LogP contribution in [-0.4, -0.2) is 15.0 Å². The van der Waals surface area contributed by atoms with E-state index in [9.17, 15) is 0 Å². The molecule has 0 radical (unpaired) electrons. The molecule has 0 fully saturated rings. The van der Waals surface area contributed by atoms with Gasteiger partial charge in [0.1, 0.15) is 0 Å². The smallest absolute Gasteiger partial charge is 0.174 e. The fraction of sp³-hybridized carbons (Fsp3) is 0. The first-order chi connectivity index (χ1) is 25.3. The third kappa shape index (κ3) is 5.08. The third-order valence-corrected chi connectivity index (χ3v) is 10.9. The van der Waals surface area contributed by atoms with E-state index in [2.05, 4.69) is 170 Å². The molecule has 0 saturated heterocycles. The van der Waals surface area contributed by atoms with Gasteiger partial charge in [0.05, 0.1) is 4.88 Å². The molecule has 0 N–H and O–H groups in total. The van der Waals surface area contributed by atoms with Crippen molar-refractivity contribution in [3.63, 3.8) is 0 Å². The van der Waals surface area contributed by atoms with E-state index in [-0.39, 0.29) is 0 Å². The molecule has 3 nitrogen and oxygen atoms in total. The van der Waals surface area contributed by atoms with Crippen molar-refractivity contribution in [2.24, 2.45) is 0 Å². The van der Waals surface area contributed by atoms with Crippen molar-refractivity contribution in [2.45, 2.75) is 0 Å². The summed E-state index contributed by atoms with van der Waals surface area (Å²) in [7, 11) is 0. The Kier molecular flexibility index (Phi) is 7.00. The predicted molar refractivity (Wildman–Crippen MR) is 215 cm³/mol. The van der Waals surface area contributed by atoms with Gasteiger partial charge in [0.2, 0.25) is 0 Å². The lowest BCUT2D eigenvalue weighted by Crippen LogP contribution is -2.01. The van der Waals surface area contributed by atoms with Crippen LogP contribution in [0.25, 0.3) is 98.1 Å². The minimum absolute atomic E-state index is 0.646. The highest BCUT2D eigenvalue weighted by molar-refractivity contribution is 7.22. The number of rotatable bonds is 5. The SMILES string of the molecule is c1ccc(-c2ccccc2-c2nc(-c3cc4ccccc4s3)nc(-c3ccccc3-c3c4ccccc4cc4c3ccc3ccccc34)n2)cc1. The zero-order valence-corrected chi connectivity index (χ0v) is 28.3. The summed E-state index contributed by atoms with van der Waals surface area (Å²) in [5, 5.41) is 8.48. The van der Waals surface area contributed by atoms with Crippen molar-refractivity contribution in [2.75, 3.05) is 0 Å². The lowest BCUT2D eigenvalue weighted by Gasteiger charge is -2.17. The quantitative estimate of drug-likeness (QED) is 0.135. The molecule has 0 unspecified atom stereocenters. The molecular weight excluding hydrogens is 639 g/mol. The van der Waals surface area contributed by atoms with E-state index in [1.54, 1.807) is 11.3 Å². The molecule has 51 heavy (non-hydrogen) atoms. The van der Waals surface area contributed by atoms with Crippen LogP contribution >= 0.6 is 11.3 Å². The van der Waals surface area contributed by atoms with E-state index in [1.165, 1.54) is 48.0 Å². The number of thiophene rings is 1. The zero-order chi connectivity index (χ0) is 33.7. The van der Waals surface area contributed by atoms with E-state index < -0.39 is 0 Å². The molecule has 0 spiro atoms. The van der Waals surface area contributed by atoms with Crippen LogP contribution in [0.4, 0.5) is 0 Å². The molecule has 0 aliphatic rings. The molecule has 2 aromatic heterocycles. The van der Waals surface area contributed by atoms with Crippen molar-refractivity contribution in [3.8, 4) is 55.7 Å². The van der Waals surface area contributed by atoms with Crippen LogP contribution in [0.5, 0.6) is 0 Å². The Morgan fingerprint density at radius 1 is 0.333 bits per heavy atom. The molecule has 8 aromatic carbocycles. The van der Waals surface area contributed by atoms with Gasteiger partial charge in [-0.05, 0) is 78.2 Å². The average Bonchev–Trinajstić information content (AvgIpc) is 3.65. The molecule has 0 aliphatic heterocycles. The molecule has 0 aliphatic carbocycles. The van der Waals surface area contributed by atoms with Crippen molar-refractivity contribution in [3.05, 3.63) is 176 Å². The van der Waals surface area contributed by atoms with E-state index in [0.717, 1.165) is 32.7 Å². The Bertz CT molecular complexity index is 2890. The largest absolute Gasteiger partial charge is 0.208 e. The maximum absolute atomic E-state index is 5.32. The second kappa shape index (κ2) is 12.1. The normalized spacial score (nSPS) is 11.5. The van der Waals surface area contributed by atoms with Gasteiger partial charge in [0.15, 0.2) is 17.5 Å². The minimum Gasteiger partial charge on any atom is -0.208 e. The summed E-state index contributed by atoms with van der Waals surface area (Å²) in [6, 6.07) is 62.3. The van der Waals surface area contributed by atoms with Crippen LogP contribution in [0, 0.1) is 0 Å². The van der Waals surface area contributed by atoms with Gasteiger partial charge in [-0.2, -0.15) is 0 Å². The van der Waals surface area contributed by atoms with Gasteiger partial charge >= 0.3 is 0 Å². The van der Waals surface area contributed by atoms with Crippen molar-refractivity contribution < 1.29 is 0 Å². The highest BCUT2D eigenvalue weighted by Crippen LogP contribution is 2.43. The van der Waals surface area contributed by atoms with Gasteiger partial charge in [-0.3, -0.25) is 0 Å². The molecule has 0 atom stereocenters. The van der Waals surface area contributed by atoms with E-state index in [4.69, 9.17) is 15.0 Å². The van der Waals surface area contributed by atoms with Gasteiger partial charge < -0.3 is 0 Å². The number of fused-ring (bicyclic) bond motifs is 5. The fourth-order valence-corrected chi connectivity index (χ4v) is 8.37. The highest BCUT2D eigenvalue weighted by atomic mass is 32.1. The first-order valence-electron chi connectivity index (χ1n) is 17.1. The Hall–Kier alpha value is -6.49. The summed E-state index contributed by atoms with van der Waals surface area (Å²) in [5.74, 6) is 1.96. The van der Waals surface area contributed by atoms with Crippen molar-refractivity contribution >= 4 is 53.7 Å². The molecule has 2 heterocycles. The predicted octanol–water partition coefficient (Wildman–Crippen LogP) is 12.9. The molecule has 4 heteroatoms. The van der Waals surface area contributed by atoms with Gasteiger partial charge in [-0.15, -0.1) is 11.3 Å². The lowest BCUT2D eigenvalue weighted by molar-refractivity contribution is 1.08. The number of nitrogens with zero attached hydrogens (tertiary/aromatic N) is 3. The number of benzene rings is 8. The molecular formula is C47H29N3S. The second-order valence-electron chi connectivity index (χ2n) is 12.8. The first kappa shape index (κ1) is 29.4. The Morgan fingerprint density at radius 2 is 0.902 bits per heavy atom. The van der Waals surface area contributed by atoms with Crippen LogP contribution in [-0.2, 0) is 0 Å². The number of hydrogen-bond acceptors (Lipinski definition) is 4. The highest BCUT2D eigenvalue weighted by Gasteiger charge is 2.21. The van der Waals surface area contributed by atoms with Gasteiger partial charge in [-0.25, -0.2) is 15.0 Å². The zero-order valence-electron chi connectivity index (χ0n) is 27.5. The van der Waals surface area contributed by atoms with E-state index in [1.807, 2.05) is 6.07 Å². The Morgan fingerprint density at radius 3 is 1.67 bits per heavy atom. The summed E-state index contributed by atoms with van der Waals surface area (Å²) in [6.45, 7) is 0. The molecule has 0 saturated carbocycles. The number of aromatic nitrogens is 3. The molecule has 0 amide bonds. The first-order valence-corrected chi connectivity index (χ1v) is 17.9. The molecule has 10 aromatic rings. The fourth-order valence-electron chi connectivity index (χ4n) is 7.37. The van der Waals surface area contributed by atoms with Crippen molar-refractivity contribution in [1.29, 1.82) is 0 Å². The van der Waals surface area contributed by atoms with Crippen LogP contribution in [0.2, 0.25) is 0 Å². The van der Waals surface area contributed by atoms with Gasteiger partial charge in [-0.1, -0.05) is 158 Å².